The SMILES string of the molecule is N#CCCCN1C(=O)C2CC=CCC2C1=O. The molecular formula is C12H14N2O2. The third kappa shape index (κ3) is 1.73. The molecule has 1 aliphatic carbocycles. The molecule has 2 unspecified atom stereocenters. The number of carbonyl (C=O) groups is 2. The van der Waals surface area contributed by atoms with Gasteiger partial charge in [0, 0.05) is 13.0 Å². The van der Waals surface area contributed by atoms with Gasteiger partial charge in [0.05, 0.1) is 17.9 Å². The normalized spacial score (nSPS) is 28.1. The van der Waals surface area contributed by atoms with Gasteiger partial charge in [0.15, 0.2) is 0 Å². The van der Waals surface area contributed by atoms with Crippen molar-refractivity contribution >= 4 is 11.8 Å². The minimum atomic E-state index is -0.139. The van der Waals surface area contributed by atoms with Crippen LogP contribution < -0.4 is 0 Å². The van der Waals surface area contributed by atoms with Crippen molar-refractivity contribution < 1.29 is 9.59 Å². The molecule has 0 bridgehead atoms. The first kappa shape index (κ1) is 10.9. The van der Waals surface area contributed by atoms with E-state index in [1.807, 2.05) is 18.2 Å². The van der Waals surface area contributed by atoms with Crippen LogP contribution in [0.1, 0.15) is 25.7 Å². The highest BCUT2D eigenvalue weighted by Gasteiger charge is 2.46. The number of nitriles is 1. The molecule has 0 saturated carbocycles. The Labute approximate surface area is 94.5 Å². The average Bonchev–Trinajstić information content (AvgIpc) is 2.55. The van der Waals surface area contributed by atoms with Gasteiger partial charge in [0.2, 0.25) is 11.8 Å². The molecule has 0 radical (unpaired) electrons. The summed E-state index contributed by atoms with van der Waals surface area (Å²) in [5.74, 6) is -0.367. The molecule has 4 nitrogen and oxygen atoms in total. The second kappa shape index (κ2) is 4.48. The molecular weight excluding hydrogens is 204 g/mol. The molecule has 2 atom stereocenters. The lowest BCUT2D eigenvalue weighted by Crippen LogP contribution is -2.32. The number of unbranched alkanes of at least 4 members (excludes halogenated alkanes) is 1. The van der Waals surface area contributed by atoms with Crippen molar-refractivity contribution in [3.05, 3.63) is 12.2 Å². The summed E-state index contributed by atoms with van der Waals surface area (Å²) >= 11 is 0. The van der Waals surface area contributed by atoms with Crippen LogP contribution in [-0.2, 0) is 9.59 Å². The molecule has 2 rings (SSSR count). The molecule has 0 aromatic heterocycles. The van der Waals surface area contributed by atoms with Crippen LogP contribution in [0.4, 0.5) is 0 Å². The van der Waals surface area contributed by atoms with Crippen LogP contribution >= 0.6 is 0 Å². The lowest BCUT2D eigenvalue weighted by atomic mass is 9.85. The van der Waals surface area contributed by atoms with Crippen molar-refractivity contribution in [2.45, 2.75) is 25.7 Å². The molecule has 0 spiro atoms. The van der Waals surface area contributed by atoms with E-state index in [0.717, 1.165) is 0 Å². The predicted octanol–water partition coefficient (Wildman–Crippen LogP) is 1.24. The first-order valence-electron chi connectivity index (χ1n) is 5.63. The number of allylic oxidation sites excluding steroid dienone is 2. The molecule has 1 aliphatic heterocycles. The number of imide groups is 1. The third-order valence-electron chi connectivity index (χ3n) is 3.27. The summed E-state index contributed by atoms with van der Waals surface area (Å²) in [6.45, 7) is 0.401. The average molecular weight is 218 g/mol. The zero-order valence-electron chi connectivity index (χ0n) is 9.06. The van der Waals surface area contributed by atoms with Crippen LogP contribution in [-0.4, -0.2) is 23.3 Å². The van der Waals surface area contributed by atoms with Gasteiger partial charge in [0.1, 0.15) is 0 Å². The highest BCUT2D eigenvalue weighted by molar-refractivity contribution is 6.05. The zero-order valence-corrected chi connectivity index (χ0v) is 9.06. The standard InChI is InChI=1S/C12H14N2O2/c13-7-3-4-8-14-11(15)9-5-1-2-6-10(9)12(14)16/h1-2,9-10H,3-6,8H2. The van der Waals surface area contributed by atoms with Gasteiger partial charge >= 0.3 is 0 Å². The number of rotatable bonds is 3. The summed E-state index contributed by atoms with van der Waals surface area (Å²) in [5.41, 5.74) is 0. The van der Waals surface area contributed by atoms with E-state index in [1.165, 1.54) is 4.90 Å². The molecule has 1 fully saturated rings. The van der Waals surface area contributed by atoms with Gasteiger partial charge in [0.25, 0.3) is 0 Å². The maximum Gasteiger partial charge on any atom is 0.233 e. The summed E-state index contributed by atoms with van der Waals surface area (Å²) < 4.78 is 0. The van der Waals surface area contributed by atoms with Crippen LogP contribution in [0.2, 0.25) is 0 Å². The topological polar surface area (TPSA) is 61.2 Å². The highest BCUT2D eigenvalue weighted by atomic mass is 16.2. The number of amides is 2. The van der Waals surface area contributed by atoms with E-state index in [4.69, 9.17) is 5.26 Å². The minimum absolute atomic E-state index is 0.0442. The van der Waals surface area contributed by atoms with E-state index in [9.17, 15) is 9.59 Å². The maximum absolute atomic E-state index is 11.9. The Morgan fingerprint density at radius 1 is 1.25 bits per heavy atom. The smallest absolute Gasteiger partial charge is 0.233 e. The van der Waals surface area contributed by atoms with Crippen molar-refractivity contribution in [3.8, 4) is 6.07 Å². The Balaban J connectivity index is 2.03. The fourth-order valence-corrected chi connectivity index (χ4v) is 2.41. The molecule has 1 saturated heterocycles. The molecule has 4 heteroatoms. The molecule has 2 amide bonds. The number of fused-ring (bicyclic) bond motifs is 1. The molecule has 16 heavy (non-hydrogen) atoms. The zero-order chi connectivity index (χ0) is 11.5. The number of carbonyl (C=O) groups excluding carboxylic acids is 2. The minimum Gasteiger partial charge on any atom is -0.282 e. The maximum atomic E-state index is 11.9. The van der Waals surface area contributed by atoms with Gasteiger partial charge < -0.3 is 0 Å². The summed E-state index contributed by atoms with van der Waals surface area (Å²) in [7, 11) is 0. The molecule has 0 aromatic rings. The fraction of sp³-hybridized carbons (Fsp3) is 0.583. The van der Waals surface area contributed by atoms with Gasteiger partial charge in [-0.3, -0.25) is 14.5 Å². The van der Waals surface area contributed by atoms with E-state index >= 15 is 0 Å². The van der Waals surface area contributed by atoms with Crippen LogP contribution in [0.3, 0.4) is 0 Å². The van der Waals surface area contributed by atoms with Gasteiger partial charge in [-0.2, -0.15) is 5.26 Å². The molecule has 1 heterocycles. The van der Waals surface area contributed by atoms with Crippen molar-refractivity contribution in [1.29, 1.82) is 5.26 Å². The van der Waals surface area contributed by atoms with Gasteiger partial charge in [-0.25, -0.2) is 0 Å². The largest absolute Gasteiger partial charge is 0.282 e. The molecule has 0 aromatic carbocycles. The lowest BCUT2D eigenvalue weighted by molar-refractivity contribution is -0.139. The summed E-state index contributed by atoms with van der Waals surface area (Å²) in [6, 6.07) is 2.02. The highest BCUT2D eigenvalue weighted by Crippen LogP contribution is 2.34. The third-order valence-corrected chi connectivity index (χ3v) is 3.27. The Morgan fingerprint density at radius 3 is 2.31 bits per heavy atom. The Kier molecular flexibility index (Phi) is 3.04. The second-order valence-corrected chi connectivity index (χ2v) is 4.25. The molecule has 2 aliphatic rings. The number of hydrogen-bond donors (Lipinski definition) is 0. The Morgan fingerprint density at radius 2 is 1.81 bits per heavy atom. The second-order valence-electron chi connectivity index (χ2n) is 4.25. The van der Waals surface area contributed by atoms with E-state index in [2.05, 4.69) is 0 Å². The van der Waals surface area contributed by atoms with Gasteiger partial charge in [-0.1, -0.05) is 12.2 Å². The number of hydrogen-bond acceptors (Lipinski definition) is 3. The lowest BCUT2D eigenvalue weighted by Gasteiger charge is -2.14. The van der Waals surface area contributed by atoms with E-state index in [-0.39, 0.29) is 23.7 Å². The molecule has 84 valence electrons. The van der Waals surface area contributed by atoms with Gasteiger partial charge in [-0.15, -0.1) is 0 Å². The number of likely N-dealkylation sites (tertiary alicyclic amines) is 1. The fourth-order valence-electron chi connectivity index (χ4n) is 2.41. The van der Waals surface area contributed by atoms with E-state index < -0.39 is 0 Å². The quantitative estimate of drug-likeness (QED) is 0.407. The van der Waals surface area contributed by atoms with Crippen molar-refractivity contribution in [1.82, 2.24) is 4.90 Å². The van der Waals surface area contributed by atoms with Crippen LogP contribution in [0.5, 0.6) is 0 Å². The Hall–Kier alpha value is -1.63. The Bertz CT molecular complexity index is 355. The van der Waals surface area contributed by atoms with E-state index in [1.54, 1.807) is 0 Å². The monoisotopic (exact) mass is 218 g/mol. The summed E-state index contributed by atoms with van der Waals surface area (Å²) in [5, 5.41) is 8.43. The first-order chi connectivity index (χ1) is 7.75. The molecule has 0 N–H and O–H groups in total. The predicted molar refractivity (Wildman–Crippen MR) is 56.9 cm³/mol. The van der Waals surface area contributed by atoms with E-state index in [0.29, 0.717) is 32.2 Å². The van der Waals surface area contributed by atoms with Crippen molar-refractivity contribution in [2.24, 2.45) is 11.8 Å². The van der Waals surface area contributed by atoms with Gasteiger partial charge in [-0.05, 0) is 19.3 Å². The van der Waals surface area contributed by atoms with Crippen LogP contribution in [0, 0.1) is 23.2 Å². The summed E-state index contributed by atoms with van der Waals surface area (Å²) in [4.78, 5) is 25.2. The van der Waals surface area contributed by atoms with Crippen molar-refractivity contribution in [2.75, 3.05) is 6.54 Å². The van der Waals surface area contributed by atoms with Crippen molar-refractivity contribution in [3.63, 3.8) is 0 Å². The first-order valence-corrected chi connectivity index (χ1v) is 5.63. The van der Waals surface area contributed by atoms with Crippen LogP contribution in [0.15, 0.2) is 12.2 Å². The summed E-state index contributed by atoms with van der Waals surface area (Å²) in [6.07, 6.45) is 6.30. The number of nitrogens with zero attached hydrogens (tertiary/aromatic N) is 2. The van der Waals surface area contributed by atoms with Crippen LogP contribution in [0.25, 0.3) is 0 Å².